The molecule has 3 N–H and O–H groups in total. The van der Waals surface area contributed by atoms with E-state index in [-0.39, 0.29) is 17.8 Å². The van der Waals surface area contributed by atoms with Crippen LogP contribution in [0, 0.1) is 0 Å². The summed E-state index contributed by atoms with van der Waals surface area (Å²) in [6.07, 6.45) is 2.22. The van der Waals surface area contributed by atoms with Crippen LogP contribution in [-0.2, 0) is 23.7 Å². The Morgan fingerprint density at radius 1 is 1.00 bits per heavy atom. The van der Waals surface area contributed by atoms with Gasteiger partial charge in [0, 0.05) is 39.0 Å². The molecule has 0 aromatic rings. The lowest BCUT2D eigenvalue weighted by Gasteiger charge is -2.30. The highest BCUT2D eigenvalue weighted by Crippen LogP contribution is 2.18. The standard InChI is InChI=1S/C19H40N2O5/c1-7-16(22)21-13-11-19(6,20)26-15-12-18(4,5)25-14-10-17(23-8-2)24-9-3/h17H,7-15,20H2,1-6H3,(H,21,22). The maximum absolute atomic E-state index is 11.2. The van der Waals surface area contributed by atoms with Crippen molar-refractivity contribution in [3.8, 4) is 0 Å². The number of amides is 1. The van der Waals surface area contributed by atoms with Gasteiger partial charge in [0.05, 0.1) is 18.8 Å². The average Bonchev–Trinajstić information content (AvgIpc) is 2.54. The first-order valence-electron chi connectivity index (χ1n) is 9.72. The second-order valence-electron chi connectivity index (χ2n) is 7.10. The van der Waals surface area contributed by atoms with Gasteiger partial charge in [0.25, 0.3) is 0 Å². The third-order valence-electron chi connectivity index (χ3n) is 3.95. The quantitative estimate of drug-likeness (QED) is 0.402. The van der Waals surface area contributed by atoms with Crippen LogP contribution in [0.5, 0.6) is 0 Å². The summed E-state index contributed by atoms with van der Waals surface area (Å²) in [5, 5.41) is 2.81. The maximum Gasteiger partial charge on any atom is 0.219 e. The normalized spacial score (nSPS) is 14.5. The molecule has 0 aliphatic heterocycles. The van der Waals surface area contributed by atoms with Crippen molar-refractivity contribution in [3.05, 3.63) is 0 Å². The molecule has 156 valence electrons. The molecule has 0 fully saturated rings. The average molecular weight is 377 g/mol. The molecule has 0 aromatic heterocycles. The fourth-order valence-electron chi connectivity index (χ4n) is 2.27. The summed E-state index contributed by atoms with van der Waals surface area (Å²) in [5.41, 5.74) is 5.04. The van der Waals surface area contributed by atoms with Gasteiger partial charge >= 0.3 is 0 Å². The summed E-state index contributed by atoms with van der Waals surface area (Å²) in [6.45, 7) is 14.4. The number of rotatable bonds is 16. The van der Waals surface area contributed by atoms with E-state index in [4.69, 9.17) is 24.7 Å². The number of nitrogens with two attached hydrogens (primary N) is 1. The second kappa shape index (κ2) is 13.4. The Bertz CT molecular complexity index is 369. The molecule has 0 spiro atoms. The van der Waals surface area contributed by atoms with E-state index in [0.717, 1.165) is 6.42 Å². The predicted octanol–water partition coefficient (Wildman–Crippen LogP) is 2.57. The maximum atomic E-state index is 11.2. The molecule has 0 rings (SSSR count). The van der Waals surface area contributed by atoms with Crippen LogP contribution in [0.25, 0.3) is 0 Å². The summed E-state index contributed by atoms with van der Waals surface area (Å²) >= 11 is 0. The molecule has 0 radical (unpaired) electrons. The molecular weight excluding hydrogens is 336 g/mol. The molecule has 0 aliphatic rings. The van der Waals surface area contributed by atoms with Gasteiger partial charge in [0.15, 0.2) is 6.29 Å². The molecule has 0 aliphatic carbocycles. The van der Waals surface area contributed by atoms with Gasteiger partial charge in [-0.15, -0.1) is 0 Å². The summed E-state index contributed by atoms with van der Waals surface area (Å²) in [6, 6.07) is 0. The Morgan fingerprint density at radius 3 is 2.15 bits per heavy atom. The monoisotopic (exact) mass is 376 g/mol. The van der Waals surface area contributed by atoms with Crippen molar-refractivity contribution in [2.45, 2.75) is 84.8 Å². The van der Waals surface area contributed by atoms with E-state index in [9.17, 15) is 4.79 Å². The van der Waals surface area contributed by atoms with Crippen LogP contribution in [0.15, 0.2) is 0 Å². The zero-order valence-corrected chi connectivity index (χ0v) is 17.6. The van der Waals surface area contributed by atoms with Crippen molar-refractivity contribution in [2.75, 3.05) is 33.0 Å². The van der Waals surface area contributed by atoms with Crippen LogP contribution >= 0.6 is 0 Å². The van der Waals surface area contributed by atoms with Crippen molar-refractivity contribution >= 4 is 5.91 Å². The summed E-state index contributed by atoms with van der Waals surface area (Å²) in [4.78, 5) is 11.2. The number of hydrogen-bond donors (Lipinski definition) is 2. The van der Waals surface area contributed by atoms with E-state index in [1.165, 1.54) is 0 Å². The zero-order chi connectivity index (χ0) is 20.1. The van der Waals surface area contributed by atoms with E-state index in [1.807, 2.05) is 41.5 Å². The fourth-order valence-corrected chi connectivity index (χ4v) is 2.27. The molecular formula is C19H40N2O5. The number of carbonyl (C=O) groups is 1. The van der Waals surface area contributed by atoms with Crippen LogP contribution in [0.4, 0.5) is 0 Å². The number of ether oxygens (including phenoxy) is 4. The Morgan fingerprint density at radius 2 is 1.62 bits per heavy atom. The third-order valence-corrected chi connectivity index (χ3v) is 3.95. The molecule has 26 heavy (non-hydrogen) atoms. The Hall–Kier alpha value is -0.730. The topological polar surface area (TPSA) is 92.0 Å². The highest BCUT2D eigenvalue weighted by atomic mass is 16.7. The van der Waals surface area contributed by atoms with Crippen molar-refractivity contribution in [3.63, 3.8) is 0 Å². The molecule has 7 nitrogen and oxygen atoms in total. The SMILES string of the molecule is CCOC(CCOC(C)(C)CCOC(C)(N)CCNC(=O)CC)OCC. The lowest BCUT2D eigenvalue weighted by atomic mass is 10.1. The Kier molecular flexibility index (Phi) is 13.1. The molecule has 1 unspecified atom stereocenters. The van der Waals surface area contributed by atoms with Gasteiger partial charge in [-0.25, -0.2) is 0 Å². The van der Waals surface area contributed by atoms with Gasteiger partial charge in [-0.05, 0) is 41.0 Å². The van der Waals surface area contributed by atoms with Crippen LogP contribution in [0.3, 0.4) is 0 Å². The van der Waals surface area contributed by atoms with Crippen molar-refractivity contribution in [1.29, 1.82) is 0 Å². The molecule has 1 amide bonds. The Labute approximate surface area is 159 Å². The summed E-state index contributed by atoms with van der Waals surface area (Å²) < 4.78 is 22.8. The highest BCUT2D eigenvalue weighted by molar-refractivity contribution is 5.75. The van der Waals surface area contributed by atoms with Crippen molar-refractivity contribution in [1.82, 2.24) is 5.32 Å². The fraction of sp³-hybridized carbons (Fsp3) is 0.947. The molecule has 0 heterocycles. The number of carbonyl (C=O) groups excluding carboxylic acids is 1. The zero-order valence-electron chi connectivity index (χ0n) is 17.6. The van der Waals surface area contributed by atoms with Gasteiger partial charge < -0.3 is 30.0 Å². The first kappa shape index (κ1) is 25.3. The van der Waals surface area contributed by atoms with Crippen LogP contribution < -0.4 is 11.1 Å². The van der Waals surface area contributed by atoms with Crippen molar-refractivity contribution in [2.24, 2.45) is 5.73 Å². The lowest BCUT2D eigenvalue weighted by molar-refractivity contribution is -0.156. The van der Waals surface area contributed by atoms with Crippen LogP contribution in [0.2, 0.25) is 0 Å². The van der Waals surface area contributed by atoms with Gasteiger partial charge in [-0.1, -0.05) is 6.92 Å². The first-order chi connectivity index (χ1) is 12.2. The third kappa shape index (κ3) is 13.5. The summed E-state index contributed by atoms with van der Waals surface area (Å²) in [5.74, 6) is 0.0211. The van der Waals surface area contributed by atoms with E-state index in [0.29, 0.717) is 52.2 Å². The molecule has 0 aromatic carbocycles. The lowest BCUT2D eigenvalue weighted by Crippen LogP contribution is -2.43. The molecule has 0 bridgehead atoms. The van der Waals surface area contributed by atoms with Gasteiger partial charge in [-0.3, -0.25) is 4.79 Å². The van der Waals surface area contributed by atoms with E-state index < -0.39 is 5.72 Å². The van der Waals surface area contributed by atoms with E-state index >= 15 is 0 Å². The minimum Gasteiger partial charge on any atom is -0.375 e. The molecule has 0 saturated carbocycles. The van der Waals surface area contributed by atoms with Gasteiger partial charge in [-0.2, -0.15) is 0 Å². The first-order valence-corrected chi connectivity index (χ1v) is 9.72. The van der Waals surface area contributed by atoms with E-state index in [2.05, 4.69) is 5.32 Å². The van der Waals surface area contributed by atoms with Gasteiger partial charge in [0.1, 0.15) is 5.72 Å². The van der Waals surface area contributed by atoms with Crippen molar-refractivity contribution < 1.29 is 23.7 Å². The summed E-state index contributed by atoms with van der Waals surface area (Å²) in [7, 11) is 0. The van der Waals surface area contributed by atoms with E-state index in [1.54, 1.807) is 0 Å². The predicted molar refractivity (Wildman–Crippen MR) is 103 cm³/mol. The number of nitrogens with one attached hydrogen (secondary N) is 1. The Balaban J connectivity index is 4.04. The van der Waals surface area contributed by atoms with Gasteiger partial charge in [0.2, 0.25) is 5.91 Å². The second-order valence-corrected chi connectivity index (χ2v) is 7.10. The van der Waals surface area contributed by atoms with Crippen LogP contribution in [-0.4, -0.2) is 56.5 Å². The largest absolute Gasteiger partial charge is 0.375 e. The molecule has 1 atom stereocenters. The molecule has 0 saturated heterocycles. The minimum atomic E-state index is -0.772. The van der Waals surface area contributed by atoms with Crippen LogP contribution in [0.1, 0.15) is 67.2 Å². The smallest absolute Gasteiger partial charge is 0.219 e. The highest BCUT2D eigenvalue weighted by Gasteiger charge is 2.23. The number of hydrogen-bond acceptors (Lipinski definition) is 6. The minimum absolute atomic E-state index is 0.0211. The molecule has 7 heteroatoms.